The molecule has 1 rings (SSSR count). The summed E-state index contributed by atoms with van der Waals surface area (Å²) in [6, 6.07) is 0. The Morgan fingerprint density at radius 2 is 2.18 bits per heavy atom. The lowest BCUT2D eigenvalue weighted by molar-refractivity contribution is -0.142. The summed E-state index contributed by atoms with van der Waals surface area (Å²) in [6.45, 7) is 1.38. The number of carbonyl (C=O) groups is 2. The Morgan fingerprint density at radius 1 is 1.47 bits per heavy atom. The SMILES string of the molecule is CC(O)(CNC(=O)C1CC=CCC1)CC(=O)O. The second-order valence-corrected chi connectivity index (χ2v) is 4.77. The molecule has 2 unspecified atom stereocenters. The van der Waals surface area contributed by atoms with Crippen molar-refractivity contribution in [1.29, 1.82) is 0 Å². The molecular weight excluding hydrogens is 222 g/mol. The third-order valence-electron chi connectivity index (χ3n) is 2.82. The van der Waals surface area contributed by atoms with Crippen LogP contribution < -0.4 is 5.32 Å². The Hall–Kier alpha value is -1.36. The number of amides is 1. The van der Waals surface area contributed by atoms with Gasteiger partial charge in [-0.3, -0.25) is 9.59 Å². The molecule has 0 aliphatic heterocycles. The predicted molar refractivity (Wildman–Crippen MR) is 62.4 cm³/mol. The second-order valence-electron chi connectivity index (χ2n) is 4.77. The molecule has 0 aromatic rings. The number of hydrogen-bond acceptors (Lipinski definition) is 3. The number of carbonyl (C=O) groups excluding carboxylic acids is 1. The first-order chi connectivity index (χ1) is 7.91. The molecule has 1 aliphatic carbocycles. The van der Waals surface area contributed by atoms with Gasteiger partial charge in [-0.25, -0.2) is 0 Å². The first-order valence-electron chi connectivity index (χ1n) is 5.77. The van der Waals surface area contributed by atoms with Crippen molar-refractivity contribution in [2.45, 2.75) is 38.2 Å². The molecule has 0 saturated carbocycles. The van der Waals surface area contributed by atoms with Gasteiger partial charge in [-0.05, 0) is 26.2 Å². The molecule has 0 aromatic heterocycles. The first kappa shape index (κ1) is 13.7. The number of aliphatic hydroxyl groups is 1. The summed E-state index contributed by atoms with van der Waals surface area (Å²) >= 11 is 0. The van der Waals surface area contributed by atoms with Crippen LogP contribution in [0.2, 0.25) is 0 Å². The molecule has 0 saturated heterocycles. The van der Waals surface area contributed by atoms with Crippen molar-refractivity contribution in [1.82, 2.24) is 5.32 Å². The minimum Gasteiger partial charge on any atom is -0.481 e. The minimum absolute atomic E-state index is 0.0294. The third kappa shape index (κ3) is 4.99. The molecule has 0 aromatic carbocycles. The standard InChI is InChI=1S/C12H19NO4/c1-12(17,7-10(14)15)8-13-11(16)9-5-3-2-4-6-9/h2-3,9,17H,4-8H2,1H3,(H,13,16)(H,14,15). The van der Waals surface area contributed by atoms with Crippen LogP contribution in [0, 0.1) is 5.92 Å². The number of carboxylic acid groups (broad SMARTS) is 1. The quantitative estimate of drug-likeness (QED) is 0.618. The minimum atomic E-state index is -1.40. The van der Waals surface area contributed by atoms with Crippen LogP contribution in [-0.4, -0.2) is 34.2 Å². The van der Waals surface area contributed by atoms with Gasteiger partial charge in [0.15, 0.2) is 0 Å². The van der Waals surface area contributed by atoms with Gasteiger partial charge < -0.3 is 15.5 Å². The molecule has 1 aliphatic rings. The molecule has 0 radical (unpaired) electrons. The maximum Gasteiger partial charge on any atom is 0.306 e. The molecule has 2 atom stereocenters. The van der Waals surface area contributed by atoms with Gasteiger partial charge in [0.2, 0.25) is 5.91 Å². The van der Waals surface area contributed by atoms with E-state index in [0.717, 1.165) is 12.8 Å². The van der Waals surface area contributed by atoms with Crippen molar-refractivity contribution in [3.63, 3.8) is 0 Å². The zero-order valence-corrected chi connectivity index (χ0v) is 9.98. The lowest BCUT2D eigenvalue weighted by Crippen LogP contribution is -2.44. The normalized spacial score (nSPS) is 22.8. The van der Waals surface area contributed by atoms with Gasteiger partial charge in [0.25, 0.3) is 0 Å². The fraction of sp³-hybridized carbons (Fsp3) is 0.667. The Bertz CT molecular complexity index is 322. The summed E-state index contributed by atoms with van der Waals surface area (Å²) in [7, 11) is 0. The Morgan fingerprint density at radius 3 is 2.71 bits per heavy atom. The van der Waals surface area contributed by atoms with E-state index < -0.39 is 11.6 Å². The summed E-state index contributed by atoms with van der Waals surface area (Å²) in [4.78, 5) is 22.2. The van der Waals surface area contributed by atoms with Crippen molar-refractivity contribution >= 4 is 11.9 Å². The molecule has 17 heavy (non-hydrogen) atoms. The molecule has 96 valence electrons. The van der Waals surface area contributed by atoms with E-state index in [9.17, 15) is 14.7 Å². The summed E-state index contributed by atoms with van der Waals surface area (Å²) in [6.07, 6.45) is 6.06. The van der Waals surface area contributed by atoms with Gasteiger partial charge >= 0.3 is 5.97 Å². The molecular formula is C12H19NO4. The highest BCUT2D eigenvalue weighted by atomic mass is 16.4. The van der Waals surface area contributed by atoms with E-state index in [1.54, 1.807) is 0 Å². The van der Waals surface area contributed by atoms with E-state index in [1.807, 2.05) is 12.2 Å². The molecule has 0 fully saturated rings. The Balaban J connectivity index is 2.36. The number of hydrogen-bond donors (Lipinski definition) is 3. The molecule has 5 heteroatoms. The van der Waals surface area contributed by atoms with Crippen molar-refractivity contribution in [3.8, 4) is 0 Å². The maximum atomic E-state index is 11.7. The van der Waals surface area contributed by atoms with Gasteiger partial charge in [-0.15, -0.1) is 0 Å². The van der Waals surface area contributed by atoms with E-state index in [-0.39, 0.29) is 24.8 Å². The number of aliphatic carboxylic acids is 1. The van der Waals surface area contributed by atoms with Gasteiger partial charge in [0.1, 0.15) is 0 Å². The largest absolute Gasteiger partial charge is 0.481 e. The highest BCUT2D eigenvalue weighted by Gasteiger charge is 2.26. The van der Waals surface area contributed by atoms with Crippen LogP contribution in [0.15, 0.2) is 12.2 Å². The van der Waals surface area contributed by atoms with Crippen LogP contribution in [-0.2, 0) is 9.59 Å². The number of rotatable bonds is 5. The van der Waals surface area contributed by atoms with Gasteiger partial charge in [-0.2, -0.15) is 0 Å². The average Bonchev–Trinajstić information content (AvgIpc) is 2.25. The van der Waals surface area contributed by atoms with Crippen LogP contribution in [0.1, 0.15) is 32.6 Å². The van der Waals surface area contributed by atoms with Crippen LogP contribution in [0.3, 0.4) is 0 Å². The maximum absolute atomic E-state index is 11.7. The number of nitrogens with one attached hydrogen (secondary N) is 1. The molecule has 0 bridgehead atoms. The third-order valence-corrected chi connectivity index (χ3v) is 2.82. The highest BCUT2D eigenvalue weighted by molar-refractivity contribution is 5.79. The molecule has 0 heterocycles. The molecule has 3 N–H and O–H groups in total. The summed E-state index contributed by atoms with van der Waals surface area (Å²) in [5.74, 6) is -1.24. The van der Waals surface area contributed by atoms with E-state index in [1.165, 1.54) is 6.92 Å². The van der Waals surface area contributed by atoms with E-state index in [4.69, 9.17) is 5.11 Å². The average molecular weight is 241 g/mol. The Kier molecular flexibility index (Phi) is 4.69. The van der Waals surface area contributed by atoms with E-state index in [2.05, 4.69) is 5.32 Å². The molecule has 0 spiro atoms. The van der Waals surface area contributed by atoms with Crippen LogP contribution >= 0.6 is 0 Å². The van der Waals surface area contributed by atoms with Crippen molar-refractivity contribution in [3.05, 3.63) is 12.2 Å². The fourth-order valence-corrected chi connectivity index (χ4v) is 1.84. The van der Waals surface area contributed by atoms with Gasteiger partial charge in [0, 0.05) is 12.5 Å². The van der Waals surface area contributed by atoms with Gasteiger partial charge in [0.05, 0.1) is 12.0 Å². The fourth-order valence-electron chi connectivity index (χ4n) is 1.84. The second kappa shape index (κ2) is 5.82. The lowest BCUT2D eigenvalue weighted by atomic mass is 9.93. The number of carboxylic acids is 1. The summed E-state index contributed by atoms with van der Waals surface area (Å²) < 4.78 is 0. The van der Waals surface area contributed by atoms with Crippen LogP contribution in [0.25, 0.3) is 0 Å². The topological polar surface area (TPSA) is 86.6 Å². The Labute approximate surface area is 101 Å². The van der Waals surface area contributed by atoms with Crippen LogP contribution in [0.5, 0.6) is 0 Å². The molecule has 1 amide bonds. The summed E-state index contributed by atoms with van der Waals surface area (Å²) in [5, 5.41) is 20.9. The molecule has 5 nitrogen and oxygen atoms in total. The van der Waals surface area contributed by atoms with E-state index in [0.29, 0.717) is 6.42 Å². The van der Waals surface area contributed by atoms with Crippen molar-refractivity contribution in [2.24, 2.45) is 5.92 Å². The predicted octanol–water partition coefficient (Wildman–Crippen LogP) is 0.685. The van der Waals surface area contributed by atoms with Crippen molar-refractivity contribution < 1.29 is 19.8 Å². The number of allylic oxidation sites excluding steroid dienone is 2. The van der Waals surface area contributed by atoms with Gasteiger partial charge in [-0.1, -0.05) is 12.2 Å². The summed E-state index contributed by atoms with van der Waals surface area (Å²) in [5.41, 5.74) is -1.40. The van der Waals surface area contributed by atoms with E-state index >= 15 is 0 Å². The van der Waals surface area contributed by atoms with Crippen LogP contribution in [0.4, 0.5) is 0 Å². The highest BCUT2D eigenvalue weighted by Crippen LogP contribution is 2.18. The zero-order valence-electron chi connectivity index (χ0n) is 9.98. The zero-order chi connectivity index (χ0) is 12.9. The van der Waals surface area contributed by atoms with Crippen molar-refractivity contribution in [2.75, 3.05) is 6.54 Å². The lowest BCUT2D eigenvalue weighted by Gasteiger charge is -2.24. The smallest absolute Gasteiger partial charge is 0.306 e. The monoisotopic (exact) mass is 241 g/mol. The first-order valence-corrected chi connectivity index (χ1v) is 5.77.